The Morgan fingerprint density at radius 3 is 2.89 bits per heavy atom. The van der Waals surface area contributed by atoms with Crippen LogP contribution in [0.4, 0.5) is 0 Å². The standard InChI is InChI=1S/C17H28BrN/c1-17-12-7-8-13-19-14-11-15(17)9-5-3-2-4-6-10-16(17)18/h2-3,6,10,15-16,19H,4-5,7-9,11-14H2,1H3/b3-2-,10-6?/t15-,16?,17?/m0/s1. The van der Waals surface area contributed by atoms with Gasteiger partial charge in [0.15, 0.2) is 0 Å². The van der Waals surface area contributed by atoms with Crippen LogP contribution in [0.15, 0.2) is 24.3 Å². The largest absolute Gasteiger partial charge is 0.317 e. The summed E-state index contributed by atoms with van der Waals surface area (Å²) in [5.41, 5.74) is 0.410. The SMILES string of the molecule is CC12CCCCNCC[C@@H]1CC/C=C\CC=CC2Br. The molecule has 1 saturated heterocycles. The van der Waals surface area contributed by atoms with Crippen molar-refractivity contribution >= 4 is 15.9 Å². The van der Waals surface area contributed by atoms with Gasteiger partial charge in [0, 0.05) is 4.83 Å². The molecule has 0 aromatic carbocycles. The van der Waals surface area contributed by atoms with Crippen LogP contribution in [0.5, 0.6) is 0 Å². The minimum atomic E-state index is 0.410. The zero-order valence-electron chi connectivity index (χ0n) is 12.2. The van der Waals surface area contributed by atoms with Crippen LogP contribution in [0.1, 0.15) is 51.9 Å². The van der Waals surface area contributed by atoms with Gasteiger partial charge < -0.3 is 5.32 Å². The van der Waals surface area contributed by atoms with Crippen LogP contribution in [0.25, 0.3) is 0 Å². The van der Waals surface area contributed by atoms with Gasteiger partial charge in [-0.2, -0.15) is 0 Å². The summed E-state index contributed by atoms with van der Waals surface area (Å²) in [4.78, 5) is 0.523. The Hall–Kier alpha value is -0.0800. The van der Waals surface area contributed by atoms with Crippen molar-refractivity contribution in [2.45, 2.75) is 56.7 Å². The molecular weight excluding hydrogens is 298 g/mol. The highest BCUT2D eigenvalue weighted by atomic mass is 79.9. The number of hydrogen-bond donors (Lipinski definition) is 1. The van der Waals surface area contributed by atoms with Gasteiger partial charge in [0.1, 0.15) is 0 Å². The van der Waals surface area contributed by atoms with Crippen LogP contribution in [0, 0.1) is 11.3 Å². The minimum absolute atomic E-state index is 0.410. The molecule has 0 aromatic rings. The summed E-state index contributed by atoms with van der Waals surface area (Å²) in [6.45, 7) is 4.90. The van der Waals surface area contributed by atoms with E-state index in [1.165, 1.54) is 51.6 Å². The van der Waals surface area contributed by atoms with E-state index in [0.717, 1.165) is 12.3 Å². The smallest absolute Gasteiger partial charge is 0.0381 e. The molecule has 1 aliphatic heterocycles. The van der Waals surface area contributed by atoms with Gasteiger partial charge in [-0.1, -0.05) is 53.6 Å². The van der Waals surface area contributed by atoms with Gasteiger partial charge in [-0.15, -0.1) is 0 Å². The Kier molecular flexibility index (Phi) is 6.15. The molecule has 1 nitrogen and oxygen atoms in total. The predicted octanol–water partition coefficient (Wildman–Crippen LogP) is 4.83. The van der Waals surface area contributed by atoms with Crippen LogP contribution in [-0.4, -0.2) is 17.9 Å². The van der Waals surface area contributed by atoms with Crippen molar-refractivity contribution in [1.82, 2.24) is 5.32 Å². The van der Waals surface area contributed by atoms with Crippen LogP contribution < -0.4 is 5.32 Å². The first-order valence-corrected chi connectivity index (χ1v) is 8.81. The van der Waals surface area contributed by atoms with Crippen LogP contribution in [0.3, 0.4) is 0 Å². The van der Waals surface area contributed by atoms with Gasteiger partial charge >= 0.3 is 0 Å². The lowest BCUT2D eigenvalue weighted by Crippen LogP contribution is -2.36. The molecule has 0 radical (unpaired) electrons. The highest BCUT2D eigenvalue weighted by Gasteiger charge is 2.38. The van der Waals surface area contributed by atoms with Gasteiger partial charge in [0.2, 0.25) is 0 Å². The van der Waals surface area contributed by atoms with Crippen molar-refractivity contribution in [2.24, 2.45) is 11.3 Å². The van der Waals surface area contributed by atoms with Crippen molar-refractivity contribution in [1.29, 1.82) is 0 Å². The molecule has 0 bridgehead atoms. The van der Waals surface area contributed by atoms with Gasteiger partial charge in [-0.05, 0) is 62.9 Å². The van der Waals surface area contributed by atoms with Crippen LogP contribution in [0.2, 0.25) is 0 Å². The fourth-order valence-electron chi connectivity index (χ4n) is 3.54. The third-order valence-corrected chi connectivity index (χ3v) is 6.33. The summed E-state index contributed by atoms with van der Waals surface area (Å²) in [6.07, 6.45) is 18.4. The maximum absolute atomic E-state index is 3.99. The van der Waals surface area contributed by atoms with E-state index in [1.807, 2.05) is 0 Å². The maximum atomic E-state index is 3.99. The number of fused-ring (bicyclic) bond motifs is 1. The van der Waals surface area contributed by atoms with Crippen molar-refractivity contribution < 1.29 is 0 Å². The van der Waals surface area contributed by atoms with Crippen LogP contribution in [-0.2, 0) is 0 Å². The number of alkyl halides is 1. The lowest BCUT2D eigenvalue weighted by Gasteiger charge is -2.41. The van der Waals surface area contributed by atoms with Crippen molar-refractivity contribution in [3.05, 3.63) is 24.3 Å². The molecule has 0 aromatic heterocycles. The molecule has 0 amide bonds. The van der Waals surface area contributed by atoms with Crippen molar-refractivity contribution in [2.75, 3.05) is 13.1 Å². The third-order valence-electron chi connectivity index (χ3n) is 4.98. The molecule has 2 rings (SSSR count). The first kappa shape index (κ1) is 15.3. The molecule has 3 atom stereocenters. The molecule has 0 saturated carbocycles. The lowest BCUT2D eigenvalue weighted by molar-refractivity contribution is 0.159. The first-order chi connectivity index (χ1) is 9.23. The van der Waals surface area contributed by atoms with Crippen molar-refractivity contribution in [3.8, 4) is 0 Å². The summed E-state index contributed by atoms with van der Waals surface area (Å²) in [6, 6.07) is 0. The second-order valence-corrected chi connectivity index (χ2v) is 7.30. The second-order valence-electron chi connectivity index (χ2n) is 6.31. The minimum Gasteiger partial charge on any atom is -0.317 e. The van der Waals surface area contributed by atoms with E-state index < -0.39 is 0 Å². The molecule has 1 aliphatic carbocycles. The Labute approximate surface area is 127 Å². The molecule has 19 heavy (non-hydrogen) atoms. The predicted molar refractivity (Wildman–Crippen MR) is 87.8 cm³/mol. The molecule has 2 unspecified atom stereocenters. The molecular formula is C17H28BrN. The average Bonchev–Trinajstić information content (AvgIpc) is 2.49. The first-order valence-electron chi connectivity index (χ1n) is 7.90. The fourth-order valence-corrected chi connectivity index (χ4v) is 4.35. The highest BCUT2D eigenvalue weighted by Crippen LogP contribution is 2.45. The quantitative estimate of drug-likeness (QED) is 0.496. The van der Waals surface area contributed by atoms with Gasteiger partial charge in [-0.25, -0.2) is 0 Å². The average molecular weight is 326 g/mol. The monoisotopic (exact) mass is 325 g/mol. The maximum Gasteiger partial charge on any atom is 0.0381 e. The Morgan fingerprint density at radius 1 is 1.11 bits per heavy atom. The third kappa shape index (κ3) is 4.19. The number of halogens is 1. The van der Waals surface area contributed by atoms with Gasteiger partial charge in [0.25, 0.3) is 0 Å². The number of rotatable bonds is 0. The summed E-state index contributed by atoms with van der Waals surface area (Å²) in [7, 11) is 0. The molecule has 0 spiro atoms. The molecule has 2 aliphatic rings. The van der Waals surface area contributed by atoms with E-state index in [1.54, 1.807) is 0 Å². The normalized spacial score (nSPS) is 39.5. The van der Waals surface area contributed by atoms with Crippen molar-refractivity contribution in [3.63, 3.8) is 0 Å². The van der Waals surface area contributed by atoms with E-state index >= 15 is 0 Å². The topological polar surface area (TPSA) is 12.0 Å². The van der Waals surface area contributed by atoms with Gasteiger partial charge in [0.05, 0.1) is 0 Å². The fraction of sp³-hybridized carbons (Fsp3) is 0.765. The zero-order valence-corrected chi connectivity index (χ0v) is 13.8. The number of hydrogen-bond acceptors (Lipinski definition) is 1. The summed E-state index contributed by atoms with van der Waals surface area (Å²) in [5, 5.41) is 3.60. The Balaban J connectivity index is 2.20. The molecule has 108 valence electrons. The number of nitrogens with one attached hydrogen (secondary N) is 1. The molecule has 1 N–H and O–H groups in total. The molecule has 1 fully saturated rings. The van der Waals surface area contributed by atoms with E-state index in [0.29, 0.717) is 10.2 Å². The van der Waals surface area contributed by atoms with Crippen LogP contribution >= 0.6 is 15.9 Å². The number of allylic oxidation sites excluding steroid dienone is 4. The Bertz CT molecular complexity index is 323. The highest BCUT2D eigenvalue weighted by molar-refractivity contribution is 9.09. The summed E-state index contributed by atoms with van der Waals surface area (Å²) in [5.74, 6) is 0.815. The summed E-state index contributed by atoms with van der Waals surface area (Å²) < 4.78 is 0. The Morgan fingerprint density at radius 2 is 2.00 bits per heavy atom. The van der Waals surface area contributed by atoms with Gasteiger partial charge in [-0.3, -0.25) is 0 Å². The lowest BCUT2D eigenvalue weighted by atomic mass is 9.68. The molecule has 1 heterocycles. The molecule has 2 heteroatoms. The summed E-state index contributed by atoms with van der Waals surface area (Å²) >= 11 is 3.99. The van der Waals surface area contributed by atoms with E-state index in [4.69, 9.17) is 0 Å². The van der Waals surface area contributed by atoms with E-state index in [2.05, 4.69) is 52.5 Å². The van der Waals surface area contributed by atoms with E-state index in [9.17, 15) is 0 Å². The van der Waals surface area contributed by atoms with E-state index in [-0.39, 0.29) is 0 Å². The zero-order chi connectivity index (χ0) is 13.6. The second kappa shape index (κ2) is 7.64.